The molecule has 0 unspecified atom stereocenters. The first kappa shape index (κ1) is 21.4. The van der Waals surface area contributed by atoms with Crippen molar-refractivity contribution in [3.63, 3.8) is 0 Å². The summed E-state index contributed by atoms with van der Waals surface area (Å²) in [5, 5.41) is 13.3. The van der Waals surface area contributed by atoms with Crippen molar-refractivity contribution in [2.45, 2.75) is 18.8 Å². The summed E-state index contributed by atoms with van der Waals surface area (Å²) in [5.74, 6) is 0. The summed E-state index contributed by atoms with van der Waals surface area (Å²) in [4.78, 5) is 14.1. The van der Waals surface area contributed by atoms with Gasteiger partial charge in [0.1, 0.15) is 0 Å². The Morgan fingerprint density at radius 2 is 1.47 bits per heavy atom. The minimum atomic E-state index is -4.60. The third-order valence-electron chi connectivity index (χ3n) is 4.55. The van der Waals surface area contributed by atoms with Crippen LogP contribution >= 0.6 is 0 Å². The van der Waals surface area contributed by atoms with Crippen LogP contribution in [0, 0.1) is 0 Å². The normalized spacial score (nSPS) is 12.3. The van der Waals surface area contributed by atoms with Crippen molar-refractivity contribution in [1.82, 2.24) is 4.90 Å². The summed E-state index contributed by atoms with van der Waals surface area (Å²) in [5.41, 5.74) is 0.152. The molecule has 4 nitrogen and oxygen atoms in total. The monoisotopic (exact) mass is 414 g/mol. The zero-order valence-corrected chi connectivity index (χ0v) is 16.0. The zero-order valence-electron chi connectivity index (χ0n) is 16.0. The molecule has 0 aliphatic rings. The molecule has 0 saturated carbocycles. The van der Waals surface area contributed by atoms with Gasteiger partial charge in [-0.1, -0.05) is 66.7 Å². The lowest BCUT2D eigenvalue weighted by Gasteiger charge is -2.27. The second kappa shape index (κ2) is 9.45. The van der Waals surface area contributed by atoms with Crippen molar-refractivity contribution in [1.29, 1.82) is 0 Å². The summed E-state index contributed by atoms with van der Waals surface area (Å²) in [6, 6.07) is 22.1. The number of alkyl halides is 3. The summed E-state index contributed by atoms with van der Waals surface area (Å²) < 4.78 is 40.0. The molecule has 0 saturated heterocycles. The number of nitrogens with one attached hydrogen (secondary N) is 1. The maximum atomic E-state index is 13.3. The number of carbonyl (C=O) groups is 1. The van der Waals surface area contributed by atoms with Crippen molar-refractivity contribution in [3.8, 4) is 0 Å². The van der Waals surface area contributed by atoms with E-state index < -0.39 is 23.9 Å². The number of hydrogen-bond donors (Lipinski definition) is 2. The number of urea groups is 1. The minimum absolute atomic E-state index is 0.130. The topological polar surface area (TPSA) is 52.6 Å². The largest absolute Gasteiger partial charge is 0.416 e. The number of aliphatic hydroxyl groups is 1. The number of rotatable bonds is 6. The van der Waals surface area contributed by atoms with E-state index in [4.69, 9.17) is 0 Å². The van der Waals surface area contributed by atoms with Gasteiger partial charge in [-0.25, -0.2) is 4.79 Å². The molecule has 1 atom stereocenters. The van der Waals surface area contributed by atoms with Crippen molar-refractivity contribution in [3.05, 3.63) is 102 Å². The van der Waals surface area contributed by atoms with E-state index in [1.165, 1.54) is 23.1 Å². The third-order valence-corrected chi connectivity index (χ3v) is 4.55. The second-order valence-electron chi connectivity index (χ2n) is 6.76. The third kappa shape index (κ3) is 5.61. The number of hydrogen-bond acceptors (Lipinski definition) is 2. The average Bonchev–Trinajstić information content (AvgIpc) is 2.74. The summed E-state index contributed by atoms with van der Waals surface area (Å²) in [6.07, 6.45) is -6.11. The van der Waals surface area contributed by atoms with Crippen molar-refractivity contribution >= 4 is 11.7 Å². The molecule has 156 valence electrons. The van der Waals surface area contributed by atoms with Gasteiger partial charge < -0.3 is 15.3 Å². The standard InChI is InChI=1S/C23H21F3N2O2/c24-23(25,26)20-14-8-7-13-19(20)21(29)16-28(15-17-9-3-1-4-10-17)22(30)27-18-11-5-2-6-12-18/h1-14,21,29H,15-16H2,(H,27,30)/t21-/m1/s1. The lowest BCUT2D eigenvalue weighted by molar-refractivity contribution is -0.139. The van der Waals surface area contributed by atoms with E-state index in [0.717, 1.165) is 11.6 Å². The highest BCUT2D eigenvalue weighted by Gasteiger charge is 2.35. The molecule has 0 aliphatic heterocycles. The number of amides is 2. The Kier molecular flexibility index (Phi) is 6.74. The number of aliphatic hydroxyl groups excluding tert-OH is 1. The van der Waals surface area contributed by atoms with Gasteiger partial charge in [-0.3, -0.25) is 0 Å². The first-order chi connectivity index (χ1) is 14.3. The first-order valence-electron chi connectivity index (χ1n) is 9.33. The van der Waals surface area contributed by atoms with Gasteiger partial charge in [-0.05, 0) is 29.3 Å². The number of anilines is 1. The highest BCUT2D eigenvalue weighted by Crippen LogP contribution is 2.34. The number of para-hydroxylation sites is 1. The van der Waals surface area contributed by atoms with Crippen LogP contribution in [0.2, 0.25) is 0 Å². The Bertz CT molecular complexity index is 963. The molecule has 0 aromatic heterocycles. The SMILES string of the molecule is O=C(Nc1ccccc1)N(Cc1ccccc1)C[C@@H](O)c1ccccc1C(F)(F)F. The lowest BCUT2D eigenvalue weighted by atomic mass is 10.0. The lowest BCUT2D eigenvalue weighted by Crippen LogP contribution is -2.37. The maximum Gasteiger partial charge on any atom is 0.416 e. The molecular weight excluding hydrogens is 393 g/mol. The summed E-state index contributed by atoms with van der Waals surface area (Å²) in [7, 11) is 0. The number of nitrogens with zero attached hydrogens (tertiary/aromatic N) is 1. The molecule has 0 aliphatic carbocycles. The van der Waals surface area contributed by atoms with Crippen LogP contribution < -0.4 is 5.32 Å². The number of carbonyl (C=O) groups excluding carboxylic acids is 1. The van der Waals surface area contributed by atoms with E-state index in [1.54, 1.807) is 54.6 Å². The van der Waals surface area contributed by atoms with Crippen molar-refractivity contribution < 1.29 is 23.1 Å². The van der Waals surface area contributed by atoms with Crippen molar-refractivity contribution in [2.75, 3.05) is 11.9 Å². The predicted molar refractivity (Wildman–Crippen MR) is 109 cm³/mol. The number of benzene rings is 3. The van der Waals surface area contributed by atoms with Crippen LogP contribution in [0.1, 0.15) is 22.8 Å². The fourth-order valence-electron chi connectivity index (χ4n) is 3.10. The highest BCUT2D eigenvalue weighted by atomic mass is 19.4. The van der Waals surface area contributed by atoms with Gasteiger partial charge in [0, 0.05) is 12.2 Å². The second-order valence-corrected chi connectivity index (χ2v) is 6.76. The van der Waals surface area contributed by atoms with E-state index in [0.29, 0.717) is 5.69 Å². The van der Waals surface area contributed by atoms with E-state index in [1.807, 2.05) is 6.07 Å². The minimum Gasteiger partial charge on any atom is -0.387 e. The van der Waals surface area contributed by atoms with Crippen molar-refractivity contribution in [2.24, 2.45) is 0 Å². The molecule has 30 heavy (non-hydrogen) atoms. The Balaban J connectivity index is 1.84. The maximum absolute atomic E-state index is 13.3. The van der Waals surface area contributed by atoms with Gasteiger partial charge in [0.25, 0.3) is 0 Å². The van der Waals surface area contributed by atoms with Gasteiger partial charge in [0.2, 0.25) is 0 Å². The van der Waals surface area contributed by atoms with Gasteiger partial charge in [-0.2, -0.15) is 13.2 Å². The predicted octanol–water partition coefficient (Wildman–Crippen LogP) is 5.47. The zero-order chi connectivity index (χ0) is 21.6. The molecule has 7 heteroatoms. The Hall–Kier alpha value is -3.32. The molecule has 0 fully saturated rings. The van der Waals surface area contributed by atoms with Crippen LogP contribution in [0.15, 0.2) is 84.9 Å². The fraction of sp³-hybridized carbons (Fsp3) is 0.174. The Morgan fingerprint density at radius 3 is 2.10 bits per heavy atom. The molecule has 0 heterocycles. The Morgan fingerprint density at radius 1 is 0.900 bits per heavy atom. The molecule has 0 spiro atoms. The fourth-order valence-corrected chi connectivity index (χ4v) is 3.10. The van der Waals surface area contributed by atoms with Gasteiger partial charge >= 0.3 is 12.2 Å². The van der Waals surface area contributed by atoms with Crippen LogP contribution in [-0.2, 0) is 12.7 Å². The van der Waals surface area contributed by atoms with E-state index >= 15 is 0 Å². The Labute approximate surface area is 172 Å². The van der Waals surface area contributed by atoms with E-state index in [-0.39, 0.29) is 18.7 Å². The molecule has 3 aromatic rings. The van der Waals surface area contributed by atoms with Crippen LogP contribution in [0.5, 0.6) is 0 Å². The first-order valence-corrected chi connectivity index (χ1v) is 9.33. The van der Waals surface area contributed by atoms with E-state index in [9.17, 15) is 23.1 Å². The van der Waals surface area contributed by atoms with Crippen LogP contribution in [0.25, 0.3) is 0 Å². The quantitative estimate of drug-likeness (QED) is 0.562. The molecule has 0 radical (unpaired) electrons. The van der Waals surface area contributed by atoms with Crippen LogP contribution in [-0.4, -0.2) is 22.6 Å². The average molecular weight is 414 g/mol. The van der Waals surface area contributed by atoms with Crippen LogP contribution in [0.3, 0.4) is 0 Å². The van der Waals surface area contributed by atoms with Gasteiger partial charge in [0.15, 0.2) is 0 Å². The van der Waals surface area contributed by atoms with Crippen LogP contribution in [0.4, 0.5) is 23.7 Å². The number of halogens is 3. The van der Waals surface area contributed by atoms with Gasteiger partial charge in [0.05, 0.1) is 18.2 Å². The molecule has 2 N–H and O–H groups in total. The summed E-state index contributed by atoms with van der Waals surface area (Å²) in [6.45, 7) is -0.175. The molecule has 3 aromatic carbocycles. The highest BCUT2D eigenvalue weighted by molar-refractivity contribution is 5.89. The molecule has 3 rings (SSSR count). The molecular formula is C23H21F3N2O2. The van der Waals surface area contributed by atoms with E-state index in [2.05, 4.69) is 5.32 Å². The molecule has 2 amide bonds. The summed E-state index contributed by atoms with van der Waals surface area (Å²) >= 11 is 0. The van der Waals surface area contributed by atoms with Gasteiger partial charge in [-0.15, -0.1) is 0 Å². The smallest absolute Gasteiger partial charge is 0.387 e. The molecule has 0 bridgehead atoms.